The van der Waals surface area contributed by atoms with Crippen LogP contribution in [0, 0.1) is 0 Å². The van der Waals surface area contributed by atoms with Crippen LogP contribution in [0.5, 0.6) is 17.2 Å². The Morgan fingerprint density at radius 2 is 1.83 bits per heavy atom. The van der Waals surface area contributed by atoms with E-state index in [2.05, 4.69) is 6.92 Å². The zero-order valence-corrected chi connectivity index (χ0v) is 19.0. The van der Waals surface area contributed by atoms with Crippen LogP contribution in [-0.4, -0.2) is 42.5 Å². The van der Waals surface area contributed by atoms with Gasteiger partial charge in [0.25, 0.3) is 5.91 Å². The van der Waals surface area contributed by atoms with Crippen LogP contribution in [-0.2, 0) is 11.2 Å². The second kappa shape index (κ2) is 10.5. The van der Waals surface area contributed by atoms with Crippen molar-refractivity contribution in [1.82, 2.24) is 4.90 Å². The standard InChI is InChI=1S/C23H25NO4S2/c1-4-13-28-19-10-7-17(14-20(19)27-3)15-21-22(25)24(23(29)30-21)12-11-16-5-8-18(26-2)9-6-16/h5-10,14-15H,4,11-13H2,1-3H3/b21-15+. The molecule has 5 nitrogen and oxygen atoms in total. The lowest BCUT2D eigenvalue weighted by molar-refractivity contribution is -0.122. The molecule has 0 aromatic heterocycles. The molecular weight excluding hydrogens is 418 g/mol. The van der Waals surface area contributed by atoms with Gasteiger partial charge in [0.15, 0.2) is 11.5 Å². The van der Waals surface area contributed by atoms with Crippen LogP contribution in [0.1, 0.15) is 24.5 Å². The number of methoxy groups -OCH3 is 2. The van der Waals surface area contributed by atoms with Gasteiger partial charge in [0.1, 0.15) is 10.1 Å². The Labute approximate surface area is 187 Å². The van der Waals surface area contributed by atoms with Gasteiger partial charge in [0.05, 0.1) is 25.7 Å². The molecule has 158 valence electrons. The van der Waals surface area contributed by atoms with Crippen molar-refractivity contribution in [1.29, 1.82) is 0 Å². The van der Waals surface area contributed by atoms with Crippen molar-refractivity contribution >= 4 is 40.3 Å². The highest BCUT2D eigenvalue weighted by Gasteiger charge is 2.31. The van der Waals surface area contributed by atoms with Gasteiger partial charge in [0, 0.05) is 6.54 Å². The number of benzene rings is 2. The molecule has 2 aromatic rings. The number of ether oxygens (including phenoxy) is 3. The zero-order valence-electron chi connectivity index (χ0n) is 17.3. The van der Waals surface area contributed by atoms with Crippen LogP contribution in [0.4, 0.5) is 0 Å². The summed E-state index contributed by atoms with van der Waals surface area (Å²) in [5.74, 6) is 2.09. The molecule has 0 saturated carbocycles. The van der Waals surface area contributed by atoms with E-state index in [-0.39, 0.29) is 5.91 Å². The molecule has 0 unspecified atom stereocenters. The number of amides is 1. The van der Waals surface area contributed by atoms with E-state index < -0.39 is 0 Å². The van der Waals surface area contributed by atoms with Crippen molar-refractivity contribution in [3.8, 4) is 17.2 Å². The first kappa shape index (κ1) is 22.2. The molecule has 1 fully saturated rings. The average molecular weight is 444 g/mol. The van der Waals surface area contributed by atoms with Crippen LogP contribution < -0.4 is 14.2 Å². The third kappa shape index (κ3) is 5.34. The molecule has 30 heavy (non-hydrogen) atoms. The lowest BCUT2D eigenvalue weighted by atomic mass is 10.1. The number of nitrogens with zero attached hydrogens (tertiary/aromatic N) is 1. The van der Waals surface area contributed by atoms with Gasteiger partial charge < -0.3 is 14.2 Å². The smallest absolute Gasteiger partial charge is 0.266 e. The third-order valence-corrected chi connectivity index (χ3v) is 5.98. The molecule has 1 aliphatic heterocycles. The van der Waals surface area contributed by atoms with Crippen LogP contribution >= 0.6 is 24.0 Å². The maximum absolute atomic E-state index is 12.9. The van der Waals surface area contributed by atoms with Crippen LogP contribution in [0.15, 0.2) is 47.4 Å². The number of rotatable bonds is 9. The first-order valence-corrected chi connectivity index (χ1v) is 11.0. The van der Waals surface area contributed by atoms with Crippen molar-refractivity contribution in [3.63, 3.8) is 0 Å². The van der Waals surface area contributed by atoms with E-state index in [0.717, 1.165) is 29.7 Å². The van der Waals surface area contributed by atoms with Gasteiger partial charge in [-0.25, -0.2) is 0 Å². The summed E-state index contributed by atoms with van der Waals surface area (Å²) in [6.45, 7) is 3.22. The van der Waals surface area contributed by atoms with E-state index in [1.54, 1.807) is 19.1 Å². The molecular formula is C23H25NO4S2. The summed E-state index contributed by atoms with van der Waals surface area (Å²) in [6.07, 6.45) is 3.49. The highest BCUT2D eigenvalue weighted by Crippen LogP contribution is 2.35. The maximum Gasteiger partial charge on any atom is 0.266 e. The van der Waals surface area contributed by atoms with E-state index >= 15 is 0 Å². The van der Waals surface area contributed by atoms with Crippen molar-refractivity contribution in [2.24, 2.45) is 0 Å². The largest absolute Gasteiger partial charge is 0.497 e. The number of carbonyl (C=O) groups is 1. The van der Waals surface area contributed by atoms with Gasteiger partial charge in [0.2, 0.25) is 0 Å². The van der Waals surface area contributed by atoms with E-state index in [1.807, 2.05) is 48.5 Å². The van der Waals surface area contributed by atoms with Gasteiger partial charge in [-0.05, 0) is 54.3 Å². The summed E-state index contributed by atoms with van der Waals surface area (Å²) >= 11 is 6.77. The number of thiocarbonyl (C=S) groups is 1. The Bertz CT molecular complexity index is 941. The second-order valence-electron chi connectivity index (χ2n) is 6.69. The first-order valence-electron chi connectivity index (χ1n) is 9.74. The Balaban J connectivity index is 1.69. The number of thioether (sulfide) groups is 1. The fourth-order valence-electron chi connectivity index (χ4n) is 2.98. The summed E-state index contributed by atoms with van der Waals surface area (Å²) in [5, 5.41) is 0. The third-order valence-electron chi connectivity index (χ3n) is 4.60. The lowest BCUT2D eigenvalue weighted by Crippen LogP contribution is -2.30. The van der Waals surface area contributed by atoms with Crippen LogP contribution in [0.3, 0.4) is 0 Å². The first-order chi connectivity index (χ1) is 14.5. The van der Waals surface area contributed by atoms with Gasteiger partial charge >= 0.3 is 0 Å². The summed E-state index contributed by atoms with van der Waals surface area (Å²) < 4.78 is 16.9. The molecule has 1 amide bonds. The van der Waals surface area contributed by atoms with Crippen molar-refractivity contribution in [3.05, 3.63) is 58.5 Å². The Hall–Kier alpha value is -2.51. The highest BCUT2D eigenvalue weighted by molar-refractivity contribution is 8.26. The zero-order chi connectivity index (χ0) is 21.5. The average Bonchev–Trinajstić information content (AvgIpc) is 3.03. The summed E-state index contributed by atoms with van der Waals surface area (Å²) in [5.41, 5.74) is 1.99. The van der Waals surface area contributed by atoms with Gasteiger partial charge in [-0.2, -0.15) is 0 Å². The predicted octanol–water partition coefficient (Wildman–Crippen LogP) is 4.94. The van der Waals surface area contributed by atoms with Crippen LogP contribution in [0.25, 0.3) is 6.08 Å². The van der Waals surface area contributed by atoms with E-state index in [4.69, 9.17) is 26.4 Å². The normalized spacial score (nSPS) is 15.0. The molecule has 0 N–H and O–H groups in total. The maximum atomic E-state index is 12.9. The molecule has 1 heterocycles. The van der Waals surface area contributed by atoms with Gasteiger partial charge in [-0.1, -0.05) is 49.1 Å². The van der Waals surface area contributed by atoms with Crippen molar-refractivity contribution < 1.29 is 19.0 Å². The molecule has 2 aromatic carbocycles. The molecule has 1 saturated heterocycles. The van der Waals surface area contributed by atoms with E-state index in [9.17, 15) is 4.79 Å². The minimum Gasteiger partial charge on any atom is -0.497 e. The molecule has 0 atom stereocenters. The molecule has 3 rings (SSSR count). The summed E-state index contributed by atoms with van der Waals surface area (Å²) in [7, 11) is 3.25. The number of hydrogen-bond donors (Lipinski definition) is 0. The van der Waals surface area contributed by atoms with Gasteiger partial charge in [-0.15, -0.1) is 0 Å². The van der Waals surface area contributed by atoms with E-state index in [0.29, 0.717) is 33.9 Å². The fourth-order valence-corrected chi connectivity index (χ4v) is 4.29. The molecule has 0 aliphatic carbocycles. The molecule has 0 spiro atoms. The number of hydrogen-bond acceptors (Lipinski definition) is 6. The lowest BCUT2D eigenvalue weighted by Gasteiger charge is -2.14. The number of carbonyl (C=O) groups excluding carboxylic acids is 1. The molecule has 7 heteroatoms. The predicted molar refractivity (Wildman–Crippen MR) is 125 cm³/mol. The minimum atomic E-state index is -0.0659. The summed E-state index contributed by atoms with van der Waals surface area (Å²) in [4.78, 5) is 15.1. The quantitative estimate of drug-likeness (QED) is 0.404. The van der Waals surface area contributed by atoms with Gasteiger partial charge in [-0.3, -0.25) is 9.69 Å². The fraction of sp³-hybridized carbons (Fsp3) is 0.304. The molecule has 0 radical (unpaired) electrons. The SMILES string of the molecule is CCCOc1ccc(/C=C2/SC(=S)N(CCc3ccc(OC)cc3)C2=O)cc1OC. The minimum absolute atomic E-state index is 0.0659. The van der Waals surface area contributed by atoms with E-state index in [1.165, 1.54) is 11.8 Å². The molecule has 0 bridgehead atoms. The topological polar surface area (TPSA) is 48.0 Å². The Kier molecular flexibility index (Phi) is 7.76. The highest BCUT2D eigenvalue weighted by atomic mass is 32.2. The molecule has 1 aliphatic rings. The monoisotopic (exact) mass is 443 g/mol. The van der Waals surface area contributed by atoms with Crippen molar-refractivity contribution in [2.45, 2.75) is 19.8 Å². The summed E-state index contributed by atoms with van der Waals surface area (Å²) in [6, 6.07) is 13.5. The Morgan fingerprint density at radius 3 is 2.50 bits per heavy atom. The van der Waals surface area contributed by atoms with Crippen molar-refractivity contribution in [2.75, 3.05) is 27.4 Å². The van der Waals surface area contributed by atoms with Crippen LogP contribution in [0.2, 0.25) is 0 Å². The second-order valence-corrected chi connectivity index (χ2v) is 8.37. The Morgan fingerprint density at radius 1 is 1.07 bits per heavy atom.